The van der Waals surface area contributed by atoms with Crippen LogP contribution in [-0.2, 0) is 16.6 Å². The maximum absolute atomic E-state index is 12.7. The molecule has 6 nitrogen and oxygen atoms in total. The number of sulfonamides is 1. The molecule has 1 aromatic heterocycles. The normalized spacial score (nSPS) is 25.7. The van der Waals surface area contributed by atoms with Crippen molar-refractivity contribution in [2.45, 2.75) is 51.3 Å². The first-order valence-corrected chi connectivity index (χ1v) is 7.98. The van der Waals surface area contributed by atoms with E-state index in [1.807, 2.05) is 6.92 Å². The Morgan fingerprint density at radius 2 is 2.11 bits per heavy atom. The van der Waals surface area contributed by atoms with Crippen molar-refractivity contribution in [2.75, 3.05) is 6.54 Å². The highest BCUT2D eigenvalue weighted by Gasteiger charge is 2.36. The molecule has 2 heterocycles. The summed E-state index contributed by atoms with van der Waals surface area (Å²) in [6, 6.07) is -0.0234. The lowest BCUT2D eigenvalue weighted by molar-refractivity contribution is 0.216. The fourth-order valence-corrected chi connectivity index (χ4v) is 4.47. The quantitative estimate of drug-likeness (QED) is 0.869. The van der Waals surface area contributed by atoms with Crippen LogP contribution in [0.25, 0.3) is 0 Å². The zero-order chi connectivity index (χ0) is 14.2. The van der Waals surface area contributed by atoms with E-state index < -0.39 is 10.0 Å². The molecule has 2 atom stereocenters. The summed E-state index contributed by atoms with van der Waals surface area (Å²) in [6.07, 6.45) is 1.90. The van der Waals surface area contributed by atoms with E-state index in [2.05, 4.69) is 17.1 Å². The molecule has 1 aliphatic heterocycles. The highest BCUT2D eigenvalue weighted by atomic mass is 32.2. The minimum atomic E-state index is -3.64. The molecule has 0 aliphatic carbocycles. The molecule has 19 heavy (non-hydrogen) atoms. The SMILES string of the molecule is Cc1[nH]nc(S(=O)(=O)N2CC(C)CCC2C)c1CO. The van der Waals surface area contributed by atoms with Gasteiger partial charge in [0.1, 0.15) is 0 Å². The summed E-state index contributed by atoms with van der Waals surface area (Å²) >= 11 is 0. The smallest absolute Gasteiger partial charge is 0.263 e. The molecule has 2 rings (SSSR count). The van der Waals surface area contributed by atoms with Crippen LogP contribution in [0, 0.1) is 12.8 Å². The van der Waals surface area contributed by atoms with Crippen LogP contribution in [0.5, 0.6) is 0 Å². The van der Waals surface area contributed by atoms with Crippen LogP contribution >= 0.6 is 0 Å². The van der Waals surface area contributed by atoms with E-state index in [1.54, 1.807) is 6.92 Å². The lowest BCUT2D eigenvalue weighted by Gasteiger charge is -2.35. The van der Waals surface area contributed by atoms with Gasteiger partial charge in [-0.25, -0.2) is 8.42 Å². The van der Waals surface area contributed by atoms with Gasteiger partial charge in [0, 0.05) is 23.8 Å². The lowest BCUT2D eigenvalue weighted by Crippen LogP contribution is -2.45. The van der Waals surface area contributed by atoms with E-state index in [1.165, 1.54) is 4.31 Å². The Hall–Kier alpha value is -0.920. The second-order valence-corrected chi connectivity index (χ2v) is 7.20. The van der Waals surface area contributed by atoms with Crippen molar-refractivity contribution >= 4 is 10.0 Å². The van der Waals surface area contributed by atoms with Crippen LogP contribution in [0.2, 0.25) is 0 Å². The Balaban J connectivity index is 2.41. The van der Waals surface area contributed by atoms with Gasteiger partial charge in [0.25, 0.3) is 10.0 Å². The van der Waals surface area contributed by atoms with E-state index >= 15 is 0 Å². The summed E-state index contributed by atoms with van der Waals surface area (Å²) in [5.41, 5.74) is 0.962. The van der Waals surface area contributed by atoms with Crippen molar-refractivity contribution in [3.05, 3.63) is 11.3 Å². The van der Waals surface area contributed by atoms with Crippen molar-refractivity contribution in [3.8, 4) is 0 Å². The van der Waals surface area contributed by atoms with Crippen LogP contribution < -0.4 is 0 Å². The molecule has 1 saturated heterocycles. The minimum Gasteiger partial charge on any atom is -0.392 e. The van der Waals surface area contributed by atoms with Gasteiger partial charge < -0.3 is 5.11 Å². The van der Waals surface area contributed by atoms with Gasteiger partial charge in [0.05, 0.1) is 6.61 Å². The van der Waals surface area contributed by atoms with Gasteiger partial charge in [-0.05, 0) is 32.6 Å². The molecule has 1 aliphatic rings. The standard InChI is InChI=1S/C12H21N3O3S/c1-8-4-5-9(2)15(6-8)19(17,18)12-11(7-16)10(3)13-14-12/h8-9,16H,4-7H2,1-3H3,(H,13,14). The van der Waals surface area contributed by atoms with Gasteiger partial charge in [0.15, 0.2) is 5.03 Å². The van der Waals surface area contributed by atoms with Crippen molar-refractivity contribution in [3.63, 3.8) is 0 Å². The first-order valence-electron chi connectivity index (χ1n) is 6.54. The van der Waals surface area contributed by atoms with Crippen molar-refractivity contribution in [1.82, 2.24) is 14.5 Å². The number of nitrogens with zero attached hydrogens (tertiary/aromatic N) is 2. The Labute approximate surface area is 113 Å². The Bertz CT molecular complexity index is 553. The molecular formula is C12H21N3O3S. The molecule has 0 aromatic carbocycles. The summed E-state index contributed by atoms with van der Waals surface area (Å²) in [4.78, 5) is 0. The fraction of sp³-hybridized carbons (Fsp3) is 0.750. The molecule has 0 spiro atoms. The van der Waals surface area contributed by atoms with E-state index in [0.717, 1.165) is 12.8 Å². The zero-order valence-electron chi connectivity index (χ0n) is 11.5. The molecule has 7 heteroatoms. The van der Waals surface area contributed by atoms with E-state index in [-0.39, 0.29) is 17.7 Å². The van der Waals surface area contributed by atoms with Crippen molar-refractivity contribution in [2.24, 2.45) is 5.92 Å². The Kier molecular flexibility index (Phi) is 3.98. The lowest BCUT2D eigenvalue weighted by atomic mass is 9.97. The molecule has 2 N–H and O–H groups in total. The number of hydrogen-bond donors (Lipinski definition) is 2. The molecule has 0 saturated carbocycles. The molecule has 1 fully saturated rings. The first-order chi connectivity index (χ1) is 8.87. The number of nitrogens with one attached hydrogen (secondary N) is 1. The third-order valence-corrected chi connectivity index (χ3v) is 5.76. The van der Waals surface area contributed by atoms with Crippen LogP contribution in [-0.4, -0.2) is 40.6 Å². The number of piperidine rings is 1. The number of hydrogen-bond acceptors (Lipinski definition) is 4. The van der Waals surface area contributed by atoms with Crippen molar-refractivity contribution in [1.29, 1.82) is 0 Å². The second-order valence-electron chi connectivity index (χ2n) is 5.40. The molecule has 0 bridgehead atoms. The minimum absolute atomic E-state index is 0.0234. The number of aliphatic hydroxyl groups is 1. The third-order valence-electron chi connectivity index (χ3n) is 3.81. The maximum Gasteiger partial charge on any atom is 0.263 e. The molecule has 108 valence electrons. The average Bonchev–Trinajstić information content (AvgIpc) is 2.74. The Morgan fingerprint density at radius 1 is 1.42 bits per heavy atom. The number of aromatic amines is 1. The number of H-pyrrole nitrogens is 1. The number of aromatic nitrogens is 2. The highest BCUT2D eigenvalue weighted by Crippen LogP contribution is 2.29. The summed E-state index contributed by atoms with van der Waals surface area (Å²) < 4.78 is 26.8. The highest BCUT2D eigenvalue weighted by molar-refractivity contribution is 7.89. The van der Waals surface area contributed by atoms with Crippen LogP contribution in [0.15, 0.2) is 5.03 Å². The summed E-state index contributed by atoms with van der Waals surface area (Å²) in [6.45, 7) is 5.87. The topological polar surface area (TPSA) is 86.3 Å². The van der Waals surface area contributed by atoms with E-state index in [0.29, 0.717) is 23.7 Å². The third kappa shape index (κ3) is 2.54. The van der Waals surface area contributed by atoms with Gasteiger partial charge >= 0.3 is 0 Å². The molecule has 0 radical (unpaired) electrons. The average molecular weight is 287 g/mol. The van der Waals surface area contributed by atoms with Crippen LogP contribution in [0.4, 0.5) is 0 Å². The van der Waals surface area contributed by atoms with Crippen LogP contribution in [0.1, 0.15) is 37.9 Å². The maximum atomic E-state index is 12.7. The molecule has 1 aromatic rings. The predicted molar refractivity (Wildman–Crippen MR) is 71.0 cm³/mol. The van der Waals surface area contributed by atoms with Crippen LogP contribution in [0.3, 0.4) is 0 Å². The number of aryl methyl sites for hydroxylation is 1. The number of rotatable bonds is 3. The van der Waals surface area contributed by atoms with Gasteiger partial charge in [-0.15, -0.1) is 0 Å². The summed E-state index contributed by atoms with van der Waals surface area (Å²) in [5, 5.41) is 15.8. The van der Waals surface area contributed by atoms with Gasteiger partial charge in [0.2, 0.25) is 0 Å². The van der Waals surface area contributed by atoms with Gasteiger partial charge in [-0.3, -0.25) is 5.10 Å². The summed E-state index contributed by atoms with van der Waals surface area (Å²) in [7, 11) is -3.64. The fourth-order valence-electron chi connectivity index (χ4n) is 2.52. The zero-order valence-corrected chi connectivity index (χ0v) is 12.4. The molecular weight excluding hydrogens is 266 g/mol. The predicted octanol–water partition coefficient (Wildman–Crippen LogP) is 1.02. The van der Waals surface area contributed by atoms with Gasteiger partial charge in [-0.1, -0.05) is 6.92 Å². The monoisotopic (exact) mass is 287 g/mol. The Morgan fingerprint density at radius 3 is 2.74 bits per heavy atom. The molecule has 2 unspecified atom stereocenters. The largest absolute Gasteiger partial charge is 0.392 e. The second kappa shape index (κ2) is 5.22. The van der Waals surface area contributed by atoms with E-state index in [9.17, 15) is 13.5 Å². The number of aliphatic hydroxyl groups excluding tert-OH is 1. The van der Waals surface area contributed by atoms with E-state index in [4.69, 9.17) is 0 Å². The first kappa shape index (κ1) is 14.5. The summed E-state index contributed by atoms with van der Waals surface area (Å²) in [5.74, 6) is 0.351. The van der Waals surface area contributed by atoms with Gasteiger partial charge in [-0.2, -0.15) is 9.40 Å². The molecule has 0 amide bonds. The van der Waals surface area contributed by atoms with Crippen molar-refractivity contribution < 1.29 is 13.5 Å².